The standard InChI is InChI=1S/C9H12BrFN2O2S/c1-7(4-5-10)13-16(14,15)9-8(11)3-2-6-12-9/h2-3,6-7,13H,4-5H2,1H3. The molecule has 0 fully saturated rings. The maximum atomic E-state index is 13.2. The van der Waals surface area contributed by atoms with Gasteiger partial charge in [0.15, 0.2) is 5.82 Å². The van der Waals surface area contributed by atoms with Crippen molar-refractivity contribution in [3.63, 3.8) is 0 Å². The second-order valence-electron chi connectivity index (χ2n) is 3.29. The summed E-state index contributed by atoms with van der Waals surface area (Å²) < 4.78 is 39.0. The molecule has 1 N–H and O–H groups in total. The smallest absolute Gasteiger partial charge is 0.241 e. The Balaban J connectivity index is 2.91. The number of aromatic nitrogens is 1. The van der Waals surface area contributed by atoms with Gasteiger partial charge in [0, 0.05) is 17.6 Å². The molecule has 1 atom stereocenters. The molecule has 0 aliphatic rings. The minimum Gasteiger partial charge on any atom is -0.241 e. The third-order valence-electron chi connectivity index (χ3n) is 1.88. The first-order valence-corrected chi connectivity index (χ1v) is 7.26. The fraction of sp³-hybridized carbons (Fsp3) is 0.444. The molecule has 1 aromatic rings. The third-order valence-corrected chi connectivity index (χ3v) is 3.86. The van der Waals surface area contributed by atoms with Crippen LogP contribution in [-0.4, -0.2) is 24.8 Å². The van der Waals surface area contributed by atoms with Gasteiger partial charge in [-0.25, -0.2) is 22.5 Å². The molecule has 0 saturated heterocycles. The van der Waals surface area contributed by atoms with Gasteiger partial charge in [0.05, 0.1) is 0 Å². The summed E-state index contributed by atoms with van der Waals surface area (Å²) in [5.41, 5.74) is 0. The van der Waals surface area contributed by atoms with Gasteiger partial charge in [-0.05, 0) is 25.5 Å². The van der Waals surface area contributed by atoms with Gasteiger partial charge in [-0.15, -0.1) is 0 Å². The fourth-order valence-electron chi connectivity index (χ4n) is 1.11. The van der Waals surface area contributed by atoms with Crippen molar-refractivity contribution in [3.8, 4) is 0 Å². The van der Waals surface area contributed by atoms with Crippen LogP contribution in [0, 0.1) is 5.82 Å². The summed E-state index contributed by atoms with van der Waals surface area (Å²) in [6, 6.07) is 2.14. The number of hydrogen-bond donors (Lipinski definition) is 1. The van der Waals surface area contributed by atoms with Crippen LogP contribution in [0.15, 0.2) is 23.4 Å². The summed E-state index contributed by atoms with van der Waals surface area (Å²) in [6.07, 6.45) is 1.86. The molecule has 1 heterocycles. The number of nitrogens with zero attached hydrogens (tertiary/aromatic N) is 1. The predicted molar refractivity (Wildman–Crippen MR) is 62.4 cm³/mol. The zero-order valence-electron chi connectivity index (χ0n) is 8.65. The monoisotopic (exact) mass is 310 g/mol. The summed E-state index contributed by atoms with van der Waals surface area (Å²) in [7, 11) is -3.87. The highest BCUT2D eigenvalue weighted by Crippen LogP contribution is 2.11. The second-order valence-corrected chi connectivity index (χ2v) is 5.71. The number of sulfonamides is 1. The van der Waals surface area contributed by atoms with Crippen LogP contribution in [0.2, 0.25) is 0 Å². The van der Waals surface area contributed by atoms with Gasteiger partial charge in [-0.3, -0.25) is 0 Å². The van der Waals surface area contributed by atoms with Crippen molar-refractivity contribution in [2.45, 2.75) is 24.4 Å². The summed E-state index contributed by atoms with van der Waals surface area (Å²) in [6.45, 7) is 1.71. The number of pyridine rings is 1. The molecule has 0 saturated carbocycles. The quantitative estimate of drug-likeness (QED) is 0.842. The SMILES string of the molecule is CC(CCBr)NS(=O)(=O)c1ncccc1F. The Bertz CT molecular complexity index is 453. The van der Waals surface area contributed by atoms with E-state index in [2.05, 4.69) is 25.6 Å². The number of halogens is 2. The van der Waals surface area contributed by atoms with Gasteiger partial charge in [0.2, 0.25) is 5.03 Å². The van der Waals surface area contributed by atoms with Gasteiger partial charge >= 0.3 is 0 Å². The highest BCUT2D eigenvalue weighted by molar-refractivity contribution is 9.09. The summed E-state index contributed by atoms with van der Waals surface area (Å²) in [5, 5.41) is 0.109. The van der Waals surface area contributed by atoms with Crippen LogP contribution >= 0.6 is 15.9 Å². The topological polar surface area (TPSA) is 59.1 Å². The van der Waals surface area contributed by atoms with E-state index in [-0.39, 0.29) is 6.04 Å². The number of rotatable bonds is 5. The normalized spacial score (nSPS) is 13.7. The summed E-state index contributed by atoms with van der Waals surface area (Å²) in [5.74, 6) is -0.846. The molecule has 0 amide bonds. The third kappa shape index (κ3) is 3.50. The first-order valence-electron chi connectivity index (χ1n) is 4.66. The Morgan fingerprint density at radius 3 is 2.88 bits per heavy atom. The molecule has 1 rings (SSSR count). The van der Waals surface area contributed by atoms with Crippen molar-refractivity contribution >= 4 is 26.0 Å². The molecule has 0 aliphatic carbocycles. The van der Waals surface area contributed by atoms with E-state index in [1.54, 1.807) is 6.92 Å². The molecule has 16 heavy (non-hydrogen) atoms. The molecule has 4 nitrogen and oxygen atoms in total. The van der Waals surface area contributed by atoms with Crippen molar-refractivity contribution < 1.29 is 12.8 Å². The van der Waals surface area contributed by atoms with Crippen LogP contribution in [0.3, 0.4) is 0 Å². The van der Waals surface area contributed by atoms with Crippen molar-refractivity contribution in [1.29, 1.82) is 0 Å². The zero-order chi connectivity index (χ0) is 12.2. The number of nitrogens with one attached hydrogen (secondary N) is 1. The molecule has 1 aromatic heterocycles. The highest BCUT2D eigenvalue weighted by Gasteiger charge is 2.22. The van der Waals surface area contributed by atoms with Crippen molar-refractivity contribution in [1.82, 2.24) is 9.71 Å². The van der Waals surface area contributed by atoms with E-state index in [1.807, 2.05) is 0 Å². The van der Waals surface area contributed by atoms with E-state index < -0.39 is 20.9 Å². The molecule has 1 unspecified atom stereocenters. The minimum atomic E-state index is -3.87. The molecular formula is C9H12BrFN2O2S. The zero-order valence-corrected chi connectivity index (χ0v) is 11.1. The number of alkyl halides is 1. The van der Waals surface area contributed by atoms with E-state index in [0.29, 0.717) is 11.8 Å². The Hall–Kier alpha value is -0.530. The lowest BCUT2D eigenvalue weighted by Crippen LogP contribution is -2.33. The minimum absolute atomic E-state index is 0.272. The lowest BCUT2D eigenvalue weighted by Gasteiger charge is -2.12. The van der Waals surface area contributed by atoms with E-state index in [0.717, 1.165) is 6.07 Å². The fourth-order valence-corrected chi connectivity index (χ4v) is 3.08. The van der Waals surface area contributed by atoms with Gasteiger partial charge in [-0.2, -0.15) is 0 Å². The Labute approximate surface area is 102 Å². The van der Waals surface area contributed by atoms with E-state index in [4.69, 9.17) is 0 Å². The van der Waals surface area contributed by atoms with Crippen LogP contribution in [0.5, 0.6) is 0 Å². The Kier molecular flexibility index (Phi) is 4.82. The molecule has 0 aromatic carbocycles. The van der Waals surface area contributed by atoms with Crippen molar-refractivity contribution in [3.05, 3.63) is 24.1 Å². The van der Waals surface area contributed by atoms with Gasteiger partial charge in [0.1, 0.15) is 0 Å². The Morgan fingerprint density at radius 2 is 2.31 bits per heavy atom. The maximum absolute atomic E-state index is 13.2. The maximum Gasteiger partial charge on any atom is 0.261 e. The summed E-state index contributed by atoms with van der Waals surface area (Å²) in [4.78, 5) is 3.53. The van der Waals surface area contributed by atoms with Crippen LogP contribution in [0.25, 0.3) is 0 Å². The second kappa shape index (κ2) is 5.70. The van der Waals surface area contributed by atoms with Crippen molar-refractivity contribution in [2.24, 2.45) is 0 Å². The average molecular weight is 311 g/mol. The molecule has 0 spiro atoms. The van der Waals surface area contributed by atoms with Crippen LogP contribution in [0.1, 0.15) is 13.3 Å². The van der Waals surface area contributed by atoms with Crippen molar-refractivity contribution in [2.75, 3.05) is 5.33 Å². The predicted octanol–water partition coefficient (Wildman–Crippen LogP) is 1.67. The van der Waals surface area contributed by atoms with Gasteiger partial charge < -0.3 is 0 Å². The van der Waals surface area contributed by atoms with Crippen LogP contribution in [0.4, 0.5) is 4.39 Å². The van der Waals surface area contributed by atoms with E-state index in [1.165, 1.54) is 12.3 Å². The molecular weight excluding hydrogens is 299 g/mol. The first kappa shape index (κ1) is 13.5. The molecule has 90 valence electrons. The van der Waals surface area contributed by atoms with E-state index in [9.17, 15) is 12.8 Å². The highest BCUT2D eigenvalue weighted by atomic mass is 79.9. The molecule has 0 bridgehead atoms. The Morgan fingerprint density at radius 1 is 1.62 bits per heavy atom. The van der Waals surface area contributed by atoms with Crippen LogP contribution in [-0.2, 0) is 10.0 Å². The largest absolute Gasteiger partial charge is 0.261 e. The lowest BCUT2D eigenvalue weighted by molar-refractivity contribution is 0.530. The molecule has 7 heteroatoms. The van der Waals surface area contributed by atoms with E-state index >= 15 is 0 Å². The number of hydrogen-bond acceptors (Lipinski definition) is 3. The summed E-state index contributed by atoms with van der Waals surface area (Å²) >= 11 is 3.20. The van der Waals surface area contributed by atoms with Crippen LogP contribution < -0.4 is 4.72 Å². The average Bonchev–Trinajstić information content (AvgIpc) is 2.17. The molecule has 0 radical (unpaired) electrons. The first-order chi connectivity index (χ1) is 7.47. The van der Waals surface area contributed by atoms with Gasteiger partial charge in [0.25, 0.3) is 10.0 Å². The van der Waals surface area contributed by atoms with Gasteiger partial charge in [-0.1, -0.05) is 15.9 Å². The molecule has 0 aliphatic heterocycles. The lowest BCUT2D eigenvalue weighted by atomic mass is 10.3.